The van der Waals surface area contributed by atoms with E-state index in [4.69, 9.17) is 0 Å². The minimum absolute atomic E-state index is 0.634. The third-order valence-electron chi connectivity index (χ3n) is 2.02. The predicted octanol–water partition coefficient (Wildman–Crippen LogP) is 3.20. The summed E-state index contributed by atoms with van der Waals surface area (Å²) in [7, 11) is -1.04. The molecule has 1 aliphatic carbocycles. The first-order chi connectivity index (χ1) is 5.00. The van der Waals surface area contributed by atoms with Crippen LogP contribution in [0.5, 0.6) is 0 Å². The van der Waals surface area contributed by atoms with Crippen molar-refractivity contribution >= 4 is 8.07 Å². The highest BCUT2D eigenvalue weighted by Gasteiger charge is 2.27. The minimum Gasteiger partial charge on any atom is -0.0475 e. The molecule has 1 unspecified atom stereocenters. The molecule has 1 heteroatoms. The van der Waals surface area contributed by atoms with Gasteiger partial charge in [0.05, 0.1) is 12.0 Å². The normalized spacial score (nSPS) is 24.4. The Morgan fingerprint density at radius 2 is 2.00 bits per heavy atom. The van der Waals surface area contributed by atoms with Crippen LogP contribution in [0.25, 0.3) is 0 Å². The van der Waals surface area contributed by atoms with Crippen molar-refractivity contribution in [3.05, 3.63) is 29.8 Å². The van der Waals surface area contributed by atoms with E-state index in [0.717, 1.165) is 0 Å². The maximum atomic E-state index is 2.38. The van der Waals surface area contributed by atoms with E-state index in [1.54, 1.807) is 5.20 Å². The molecular weight excluding hydrogens is 148 g/mol. The van der Waals surface area contributed by atoms with Crippen LogP contribution in [0.3, 0.4) is 0 Å². The summed E-state index contributed by atoms with van der Waals surface area (Å²) in [5, 5.41) is 1.57. The zero-order chi connectivity index (χ0) is 8.48. The molecule has 0 spiro atoms. The molecule has 0 radical (unpaired) electrons. The van der Waals surface area contributed by atoms with Gasteiger partial charge in [-0.2, -0.15) is 0 Å². The average molecular weight is 165 g/mol. The molecule has 0 aliphatic heterocycles. The van der Waals surface area contributed by atoms with Gasteiger partial charge in [-0.1, -0.05) is 0 Å². The largest absolute Gasteiger partial charge is 0.177 e. The van der Waals surface area contributed by atoms with E-state index in [-0.39, 0.29) is 0 Å². The molecule has 1 aliphatic rings. The molecule has 1 rings (SSSR count). The highest BCUT2D eigenvalue weighted by atomic mass is 28.3. The van der Waals surface area contributed by atoms with E-state index in [9.17, 15) is 0 Å². The van der Waals surface area contributed by atoms with Crippen LogP contribution >= 0.6 is 0 Å². The third-order valence-corrected chi connectivity index (χ3v) is 4.09. The predicted molar refractivity (Wildman–Crippen MR) is 54.0 cm³/mol. The zero-order valence-corrected chi connectivity index (χ0v) is 8.89. The minimum atomic E-state index is -1.04. The van der Waals surface area contributed by atoms with Crippen LogP contribution in [-0.2, 0) is 0 Å². The van der Waals surface area contributed by atoms with Crippen molar-refractivity contribution in [3.8, 4) is 0 Å². The Morgan fingerprint density at radius 3 is 2.36 bits per heavy atom. The van der Waals surface area contributed by atoms with Gasteiger partial charge in [0.25, 0.3) is 0 Å². The Labute approximate surface area is 71.0 Å². The third kappa shape index (κ3) is 2.26. The number of hydrogen-bond donors (Lipinski definition) is 0. The van der Waals surface area contributed by atoms with Crippen molar-refractivity contribution in [1.29, 1.82) is 0 Å². The highest BCUT2D eigenvalue weighted by molar-refractivity contribution is 6.83. The van der Waals surface area contributed by atoms with Crippen molar-refractivity contribution in [2.24, 2.45) is 5.92 Å². The molecule has 0 aromatic rings. The molecule has 60 valence electrons. The van der Waals surface area contributed by atoms with Gasteiger partial charge in [-0.3, -0.25) is 0 Å². The van der Waals surface area contributed by atoms with Crippen molar-refractivity contribution in [2.45, 2.75) is 26.6 Å². The molecule has 1 atom stereocenters. The van der Waals surface area contributed by atoms with Gasteiger partial charge in [0.1, 0.15) is 0 Å². The second-order valence-electron chi connectivity index (χ2n) is 4.28. The van der Waals surface area contributed by atoms with Crippen molar-refractivity contribution in [2.75, 3.05) is 0 Å². The Hall–Kier alpha value is -0.433. The fraction of sp³-hybridized carbons (Fsp3) is 0.500. The summed E-state index contributed by atoms with van der Waals surface area (Å²) in [6.45, 7) is 9.36. The fourth-order valence-electron chi connectivity index (χ4n) is 1.13. The summed E-state index contributed by atoms with van der Waals surface area (Å²) in [5.41, 5.74) is 0. The molecule has 0 fully saturated rings. The van der Waals surface area contributed by atoms with Crippen molar-refractivity contribution in [1.82, 2.24) is 0 Å². The number of rotatable bonds is 1. The smallest absolute Gasteiger partial charge is 0.0475 e. The van der Waals surface area contributed by atoms with Crippen LogP contribution in [0.15, 0.2) is 23.4 Å². The highest BCUT2D eigenvalue weighted by Crippen LogP contribution is 2.22. The summed E-state index contributed by atoms with van der Waals surface area (Å²) in [6.07, 6.45) is 9.18. The van der Waals surface area contributed by atoms with Crippen LogP contribution in [-0.4, -0.2) is 8.07 Å². The van der Waals surface area contributed by atoms with Gasteiger partial charge < -0.3 is 0 Å². The van der Waals surface area contributed by atoms with E-state index >= 15 is 0 Å². The van der Waals surface area contributed by atoms with E-state index in [1.165, 1.54) is 0 Å². The van der Waals surface area contributed by atoms with Gasteiger partial charge >= 0.3 is 0 Å². The molecule has 0 aromatic heterocycles. The van der Waals surface area contributed by atoms with E-state index in [2.05, 4.69) is 51.2 Å². The van der Waals surface area contributed by atoms with Gasteiger partial charge in [0.2, 0.25) is 0 Å². The first-order valence-corrected chi connectivity index (χ1v) is 7.74. The van der Waals surface area contributed by atoms with Crippen LogP contribution in [0, 0.1) is 12.3 Å². The van der Waals surface area contributed by atoms with Crippen molar-refractivity contribution in [3.63, 3.8) is 0 Å². The lowest BCUT2D eigenvalue weighted by Crippen LogP contribution is -2.24. The van der Waals surface area contributed by atoms with Gasteiger partial charge in [0, 0.05) is 17.7 Å². The zero-order valence-electron chi connectivity index (χ0n) is 7.89. The maximum absolute atomic E-state index is 2.38. The summed E-state index contributed by atoms with van der Waals surface area (Å²) in [6, 6.07) is 0. The topological polar surface area (TPSA) is 0 Å². The van der Waals surface area contributed by atoms with E-state index < -0.39 is 8.07 Å². The maximum Gasteiger partial charge on any atom is 0.177 e. The van der Waals surface area contributed by atoms with Crippen LogP contribution in [0.4, 0.5) is 0 Å². The SMILES string of the molecule is CC1C=CC([Si](C)(C)C)=C[CH+]1. The van der Waals surface area contributed by atoms with Crippen molar-refractivity contribution < 1.29 is 0 Å². The lowest BCUT2D eigenvalue weighted by molar-refractivity contribution is 0.875. The quantitative estimate of drug-likeness (QED) is 0.413. The standard InChI is InChI=1S/C10H17Si/c1-9-5-7-10(8-6-9)11(2,3)4/h5-9H,1-4H3/q+1. The molecule has 0 heterocycles. The van der Waals surface area contributed by atoms with Gasteiger partial charge in [-0.25, -0.2) is 0 Å². The summed E-state index contributed by atoms with van der Waals surface area (Å²) >= 11 is 0. The molecule has 0 amide bonds. The monoisotopic (exact) mass is 165 g/mol. The van der Waals surface area contributed by atoms with Crippen LogP contribution < -0.4 is 0 Å². The Balaban J connectivity index is 2.71. The van der Waals surface area contributed by atoms with Crippen LogP contribution in [0.1, 0.15) is 6.92 Å². The summed E-state index contributed by atoms with van der Waals surface area (Å²) in [5.74, 6) is 0.634. The first kappa shape index (κ1) is 8.66. The average Bonchev–Trinajstić information content (AvgIpc) is 1.86. The second kappa shape index (κ2) is 2.90. The first-order valence-electron chi connectivity index (χ1n) is 4.24. The lowest BCUT2D eigenvalue weighted by Gasteiger charge is -2.13. The molecule has 0 saturated carbocycles. The Kier molecular flexibility index (Phi) is 2.28. The Bertz CT molecular complexity index is 193. The molecule has 11 heavy (non-hydrogen) atoms. The second-order valence-corrected chi connectivity index (χ2v) is 9.36. The van der Waals surface area contributed by atoms with Gasteiger partial charge in [-0.05, 0) is 32.6 Å². The molecule has 0 bridgehead atoms. The molecule has 0 N–H and O–H groups in total. The summed E-state index contributed by atoms with van der Waals surface area (Å²) in [4.78, 5) is 0. The van der Waals surface area contributed by atoms with Crippen LogP contribution in [0.2, 0.25) is 19.6 Å². The van der Waals surface area contributed by atoms with E-state index in [1.807, 2.05) is 0 Å². The number of hydrogen-bond acceptors (Lipinski definition) is 0. The molecule has 0 saturated heterocycles. The van der Waals surface area contributed by atoms with Gasteiger partial charge in [-0.15, -0.1) is 0 Å². The Morgan fingerprint density at radius 1 is 1.36 bits per heavy atom. The summed E-state index contributed by atoms with van der Waals surface area (Å²) < 4.78 is 0. The molecule has 0 nitrogen and oxygen atoms in total. The number of allylic oxidation sites excluding steroid dienone is 4. The molecular formula is C10H17Si+. The molecule has 0 aromatic carbocycles. The lowest BCUT2D eigenvalue weighted by atomic mass is 10.0. The van der Waals surface area contributed by atoms with Gasteiger partial charge in [0.15, 0.2) is 8.07 Å². The fourth-order valence-corrected chi connectivity index (χ4v) is 2.32. The van der Waals surface area contributed by atoms with E-state index in [0.29, 0.717) is 5.92 Å².